The van der Waals surface area contributed by atoms with E-state index in [2.05, 4.69) is 5.38 Å². The number of aryl methyl sites for hydroxylation is 2. The molecule has 1 heterocycles. The van der Waals surface area contributed by atoms with Crippen molar-refractivity contribution in [2.45, 2.75) is 20.8 Å². The molecule has 1 amide bonds. The summed E-state index contributed by atoms with van der Waals surface area (Å²) in [4.78, 5) is 14.7. The van der Waals surface area contributed by atoms with E-state index in [4.69, 9.17) is 16.3 Å². The number of amides is 1. The van der Waals surface area contributed by atoms with E-state index in [0.29, 0.717) is 19.8 Å². The minimum absolute atomic E-state index is 0.000845. The van der Waals surface area contributed by atoms with E-state index in [1.165, 1.54) is 0 Å². The highest BCUT2D eigenvalue weighted by Gasteiger charge is 2.19. The molecule has 0 unspecified atom stereocenters. The van der Waals surface area contributed by atoms with Crippen LogP contribution in [-0.2, 0) is 9.53 Å². The molecule has 0 bridgehead atoms. The lowest BCUT2D eigenvalue weighted by molar-refractivity contribution is -0.116. The number of anilines is 1. The highest BCUT2D eigenvalue weighted by molar-refractivity contribution is 7.10. The Hall–Kier alpha value is -0.580. The number of carbonyl (C=O) groups is 1. The fourth-order valence-electron chi connectivity index (χ4n) is 1.70. The highest BCUT2D eigenvalue weighted by Crippen LogP contribution is 2.30. The Balaban J connectivity index is 2.86. The second-order valence-corrected chi connectivity index (χ2v) is 5.05. The van der Waals surface area contributed by atoms with E-state index >= 15 is 0 Å². The molecule has 0 saturated carbocycles. The molecule has 0 atom stereocenters. The zero-order valence-electron chi connectivity index (χ0n) is 10.5. The van der Waals surface area contributed by atoms with Crippen molar-refractivity contribution in [1.82, 2.24) is 0 Å². The van der Waals surface area contributed by atoms with Gasteiger partial charge in [0.2, 0.25) is 5.91 Å². The van der Waals surface area contributed by atoms with Crippen molar-refractivity contribution < 1.29 is 9.53 Å². The third kappa shape index (κ3) is 3.69. The fourth-order valence-corrected chi connectivity index (χ4v) is 2.69. The Kier molecular flexibility index (Phi) is 5.95. The maximum atomic E-state index is 11.9. The highest BCUT2D eigenvalue weighted by atomic mass is 35.5. The Bertz CT molecular complexity index is 359. The molecule has 17 heavy (non-hydrogen) atoms. The Morgan fingerprint density at radius 3 is 2.71 bits per heavy atom. The van der Waals surface area contributed by atoms with Gasteiger partial charge in [0.05, 0.1) is 12.3 Å². The molecule has 1 aromatic heterocycles. The quantitative estimate of drug-likeness (QED) is 0.590. The first-order valence-electron chi connectivity index (χ1n) is 5.60. The van der Waals surface area contributed by atoms with Crippen molar-refractivity contribution in [3.8, 4) is 0 Å². The van der Waals surface area contributed by atoms with Crippen LogP contribution in [0.15, 0.2) is 5.38 Å². The minimum Gasteiger partial charge on any atom is -0.380 e. The van der Waals surface area contributed by atoms with Crippen molar-refractivity contribution in [3.63, 3.8) is 0 Å². The molecule has 96 valence electrons. The van der Waals surface area contributed by atoms with Gasteiger partial charge in [-0.1, -0.05) is 0 Å². The maximum absolute atomic E-state index is 11.9. The Labute approximate surface area is 111 Å². The predicted molar refractivity (Wildman–Crippen MR) is 73.4 cm³/mol. The fraction of sp³-hybridized carbons (Fsp3) is 0.583. The monoisotopic (exact) mass is 275 g/mol. The molecule has 1 rings (SSSR count). The molecule has 0 spiro atoms. The van der Waals surface area contributed by atoms with Crippen LogP contribution in [0.25, 0.3) is 0 Å². The molecule has 0 N–H and O–H groups in total. The van der Waals surface area contributed by atoms with Gasteiger partial charge < -0.3 is 9.64 Å². The number of ether oxygens (including phenoxy) is 1. The van der Waals surface area contributed by atoms with Crippen molar-refractivity contribution in [2.24, 2.45) is 0 Å². The number of rotatable bonds is 6. The third-order valence-corrected chi connectivity index (χ3v) is 3.72. The normalized spacial score (nSPS) is 10.6. The summed E-state index contributed by atoms with van der Waals surface area (Å²) >= 11 is 7.30. The van der Waals surface area contributed by atoms with Crippen LogP contribution in [0.1, 0.15) is 17.4 Å². The SMILES string of the molecule is CCOCCN(C(=O)CCl)c1c(C)csc1C. The van der Waals surface area contributed by atoms with Crippen LogP contribution < -0.4 is 4.90 Å². The van der Waals surface area contributed by atoms with Gasteiger partial charge in [-0.05, 0) is 31.7 Å². The Morgan fingerprint density at radius 1 is 1.53 bits per heavy atom. The van der Waals surface area contributed by atoms with Crippen molar-refractivity contribution in [2.75, 3.05) is 30.5 Å². The summed E-state index contributed by atoms with van der Waals surface area (Å²) in [6.07, 6.45) is 0. The van der Waals surface area contributed by atoms with Crippen LogP contribution >= 0.6 is 22.9 Å². The van der Waals surface area contributed by atoms with E-state index in [0.717, 1.165) is 16.1 Å². The molecule has 0 radical (unpaired) electrons. The number of hydrogen-bond acceptors (Lipinski definition) is 3. The van der Waals surface area contributed by atoms with Crippen LogP contribution in [0, 0.1) is 13.8 Å². The van der Waals surface area contributed by atoms with Crippen molar-refractivity contribution in [3.05, 3.63) is 15.8 Å². The largest absolute Gasteiger partial charge is 0.380 e. The lowest BCUT2D eigenvalue weighted by atomic mass is 10.2. The molecule has 0 aliphatic carbocycles. The molecule has 0 aromatic carbocycles. The van der Waals surface area contributed by atoms with Crippen LogP contribution in [-0.4, -0.2) is 31.5 Å². The molecule has 0 aliphatic rings. The number of carbonyl (C=O) groups excluding carboxylic acids is 1. The van der Waals surface area contributed by atoms with Gasteiger partial charge in [-0.3, -0.25) is 4.79 Å². The topological polar surface area (TPSA) is 29.5 Å². The summed E-state index contributed by atoms with van der Waals surface area (Å²) in [5.41, 5.74) is 2.10. The smallest absolute Gasteiger partial charge is 0.242 e. The van der Waals surface area contributed by atoms with Gasteiger partial charge in [-0.25, -0.2) is 0 Å². The number of hydrogen-bond donors (Lipinski definition) is 0. The molecule has 1 aromatic rings. The van der Waals surface area contributed by atoms with Gasteiger partial charge in [0, 0.05) is 18.0 Å². The minimum atomic E-state index is -0.0732. The van der Waals surface area contributed by atoms with Gasteiger partial charge in [0.1, 0.15) is 5.88 Å². The van der Waals surface area contributed by atoms with Crippen LogP contribution in [0.4, 0.5) is 5.69 Å². The van der Waals surface area contributed by atoms with Gasteiger partial charge in [-0.15, -0.1) is 22.9 Å². The molecule has 0 fully saturated rings. The summed E-state index contributed by atoms with van der Waals surface area (Å²) in [5, 5.41) is 2.06. The van der Waals surface area contributed by atoms with E-state index < -0.39 is 0 Å². The van der Waals surface area contributed by atoms with Crippen LogP contribution in [0.5, 0.6) is 0 Å². The molecule has 5 heteroatoms. The number of halogens is 1. The van der Waals surface area contributed by atoms with E-state index in [9.17, 15) is 4.79 Å². The van der Waals surface area contributed by atoms with E-state index in [1.807, 2.05) is 20.8 Å². The molecular weight excluding hydrogens is 258 g/mol. The summed E-state index contributed by atoms with van der Waals surface area (Å²) < 4.78 is 5.30. The van der Waals surface area contributed by atoms with Gasteiger partial charge in [0.25, 0.3) is 0 Å². The average Bonchev–Trinajstić information content (AvgIpc) is 2.65. The summed E-state index contributed by atoms with van der Waals surface area (Å²) in [5.74, 6) is -0.0723. The second kappa shape index (κ2) is 6.99. The Morgan fingerprint density at radius 2 is 2.24 bits per heavy atom. The van der Waals surface area contributed by atoms with Crippen LogP contribution in [0.2, 0.25) is 0 Å². The second-order valence-electron chi connectivity index (χ2n) is 3.70. The zero-order valence-corrected chi connectivity index (χ0v) is 12.0. The first-order valence-corrected chi connectivity index (χ1v) is 7.02. The van der Waals surface area contributed by atoms with Crippen molar-refractivity contribution in [1.29, 1.82) is 0 Å². The lowest BCUT2D eigenvalue weighted by Gasteiger charge is -2.22. The lowest BCUT2D eigenvalue weighted by Crippen LogP contribution is -2.35. The molecular formula is C12H18ClNO2S. The molecule has 3 nitrogen and oxygen atoms in total. The van der Waals surface area contributed by atoms with Gasteiger partial charge in [0.15, 0.2) is 0 Å². The molecule has 0 aliphatic heterocycles. The standard InChI is InChI=1S/C12H18ClNO2S/c1-4-16-6-5-14(11(15)7-13)12-9(2)8-17-10(12)3/h8H,4-7H2,1-3H3. The van der Waals surface area contributed by atoms with Crippen molar-refractivity contribution >= 4 is 34.5 Å². The summed E-state index contributed by atoms with van der Waals surface area (Å²) in [7, 11) is 0. The summed E-state index contributed by atoms with van der Waals surface area (Å²) in [6, 6.07) is 0. The number of nitrogens with zero attached hydrogens (tertiary/aromatic N) is 1. The predicted octanol–water partition coefficient (Wildman–Crippen LogP) is 2.97. The molecule has 0 saturated heterocycles. The first-order chi connectivity index (χ1) is 8.11. The third-order valence-electron chi connectivity index (χ3n) is 2.47. The van der Waals surface area contributed by atoms with E-state index in [1.54, 1.807) is 16.2 Å². The first kappa shape index (κ1) is 14.5. The van der Waals surface area contributed by atoms with Gasteiger partial charge >= 0.3 is 0 Å². The van der Waals surface area contributed by atoms with Crippen LogP contribution in [0.3, 0.4) is 0 Å². The van der Waals surface area contributed by atoms with E-state index in [-0.39, 0.29) is 11.8 Å². The number of thiophene rings is 1. The average molecular weight is 276 g/mol. The maximum Gasteiger partial charge on any atom is 0.242 e. The number of alkyl halides is 1. The zero-order chi connectivity index (χ0) is 12.8. The summed E-state index contributed by atoms with van der Waals surface area (Å²) in [6.45, 7) is 7.71. The van der Waals surface area contributed by atoms with Gasteiger partial charge in [-0.2, -0.15) is 0 Å².